The van der Waals surface area contributed by atoms with Crippen LogP contribution in [0.3, 0.4) is 0 Å². The van der Waals surface area contributed by atoms with Crippen LogP contribution in [0, 0.1) is 6.92 Å². The predicted octanol–water partition coefficient (Wildman–Crippen LogP) is 3.90. The normalized spacial score (nSPS) is 18.1. The van der Waals surface area contributed by atoms with E-state index in [2.05, 4.69) is 23.0 Å². The number of nitrogens with zero attached hydrogens (tertiary/aromatic N) is 2. The van der Waals surface area contributed by atoms with Crippen LogP contribution >= 0.6 is 0 Å². The molecule has 24 heavy (non-hydrogen) atoms. The zero-order valence-corrected chi connectivity index (χ0v) is 15.0. The highest BCUT2D eigenvalue weighted by molar-refractivity contribution is 5.41. The minimum Gasteiger partial charge on any atom is -0.497 e. The molecule has 0 unspecified atom stereocenters. The number of aryl methyl sites for hydroxylation is 2. The first kappa shape index (κ1) is 16.8. The number of benzene rings is 1. The Bertz CT molecular complexity index is 696. The highest BCUT2D eigenvalue weighted by Gasteiger charge is 2.31. The van der Waals surface area contributed by atoms with Gasteiger partial charge >= 0.3 is 0 Å². The van der Waals surface area contributed by atoms with Gasteiger partial charge in [-0.25, -0.2) is 0 Å². The van der Waals surface area contributed by atoms with Gasteiger partial charge in [-0.1, -0.05) is 18.1 Å². The topological polar surface area (TPSA) is 47.7 Å². The Morgan fingerprint density at radius 3 is 2.83 bits per heavy atom. The van der Waals surface area contributed by atoms with E-state index in [0.29, 0.717) is 6.04 Å². The van der Waals surface area contributed by atoms with Gasteiger partial charge in [0, 0.05) is 36.2 Å². The molecule has 1 atom stereocenters. The summed E-state index contributed by atoms with van der Waals surface area (Å²) in [7, 11) is 3.38. The lowest BCUT2D eigenvalue weighted by atomic mass is 10.0. The number of rotatable bonds is 6. The lowest BCUT2D eigenvalue weighted by Crippen LogP contribution is -2.24. The molecule has 1 aromatic carbocycles. The number of likely N-dealkylation sites (tertiary alicyclic amines) is 1. The standard InChI is InChI=1S/C19H26N2O3/c1-5-17-19(13(2)20-24-17)16-7-6-10-21(16)12-14-8-9-15(22-3)11-18(14)23-4/h8-9,11,16H,5-7,10,12H2,1-4H3/t16-/m0/s1. The lowest BCUT2D eigenvalue weighted by molar-refractivity contribution is 0.241. The van der Waals surface area contributed by atoms with Crippen LogP contribution in [-0.4, -0.2) is 30.8 Å². The Morgan fingerprint density at radius 1 is 1.29 bits per heavy atom. The third-order valence-corrected chi connectivity index (χ3v) is 4.87. The maximum Gasteiger partial charge on any atom is 0.141 e. The average molecular weight is 330 g/mol. The number of ether oxygens (including phenoxy) is 2. The largest absolute Gasteiger partial charge is 0.497 e. The van der Waals surface area contributed by atoms with Gasteiger partial charge in [0.1, 0.15) is 17.3 Å². The van der Waals surface area contributed by atoms with Crippen molar-refractivity contribution in [2.45, 2.75) is 45.7 Å². The molecule has 5 heteroatoms. The van der Waals surface area contributed by atoms with Crippen LogP contribution in [0.4, 0.5) is 0 Å². The van der Waals surface area contributed by atoms with Gasteiger partial charge in [0.15, 0.2) is 0 Å². The van der Waals surface area contributed by atoms with Crippen molar-refractivity contribution in [2.75, 3.05) is 20.8 Å². The number of hydrogen-bond acceptors (Lipinski definition) is 5. The first-order valence-corrected chi connectivity index (χ1v) is 8.57. The van der Waals surface area contributed by atoms with Crippen molar-refractivity contribution in [1.29, 1.82) is 0 Å². The van der Waals surface area contributed by atoms with E-state index in [1.807, 2.05) is 19.1 Å². The van der Waals surface area contributed by atoms with Crippen molar-refractivity contribution in [2.24, 2.45) is 0 Å². The summed E-state index contributed by atoms with van der Waals surface area (Å²) >= 11 is 0. The van der Waals surface area contributed by atoms with Crippen LogP contribution in [0.15, 0.2) is 22.7 Å². The molecule has 1 aliphatic rings. The lowest BCUT2D eigenvalue weighted by Gasteiger charge is -2.25. The highest BCUT2D eigenvalue weighted by Crippen LogP contribution is 2.38. The summed E-state index contributed by atoms with van der Waals surface area (Å²) in [5.41, 5.74) is 3.48. The van der Waals surface area contributed by atoms with Crippen LogP contribution in [0.2, 0.25) is 0 Å². The number of aromatic nitrogens is 1. The van der Waals surface area contributed by atoms with E-state index in [1.165, 1.54) is 17.5 Å². The van der Waals surface area contributed by atoms with Crippen molar-refractivity contribution in [3.8, 4) is 11.5 Å². The van der Waals surface area contributed by atoms with E-state index in [4.69, 9.17) is 14.0 Å². The van der Waals surface area contributed by atoms with Crippen molar-refractivity contribution in [1.82, 2.24) is 10.1 Å². The van der Waals surface area contributed by atoms with Gasteiger partial charge in [0.25, 0.3) is 0 Å². The molecule has 5 nitrogen and oxygen atoms in total. The molecule has 0 bridgehead atoms. The first-order valence-electron chi connectivity index (χ1n) is 8.57. The average Bonchev–Trinajstić information content (AvgIpc) is 3.20. The van der Waals surface area contributed by atoms with Gasteiger partial charge in [-0.05, 0) is 32.4 Å². The van der Waals surface area contributed by atoms with Crippen LogP contribution in [0.25, 0.3) is 0 Å². The SMILES string of the molecule is CCc1onc(C)c1[C@@H]1CCCN1Cc1ccc(OC)cc1OC. The maximum atomic E-state index is 5.56. The van der Waals surface area contributed by atoms with E-state index in [1.54, 1.807) is 14.2 Å². The Kier molecular flexibility index (Phi) is 5.09. The van der Waals surface area contributed by atoms with Crippen molar-refractivity contribution >= 4 is 0 Å². The third kappa shape index (κ3) is 3.13. The molecule has 2 heterocycles. The molecule has 0 spiro atoms. The van der Waals surface area contributed by atoms with Crippen LogP contribution < -0.4 is 9.47 Å². The van der Waals surface area contributed by atoms with E-state index in [9.17, 15) is 0 Å². The van der Waals surface area contributed by atoms with Crippen LogP contribution in [-0.2, 0) is 13.0 Å². The van der Waals surface area contributed by atoms with Gasteiger partial charge < -0.3 is 14.0 Å². The van der Waals surface area contributed by atoms with E-state index < -0.39 is 0 Å². The molecule has 0 aliphatic carbocycles. The molecule has 1 aliphatic heterocycles. The number of hydrogen-bond donors (Lipinski definition) is 0. The molecule has 130 valence electrons. The van der Waals surface area contributed by atoms with Gasteiger partial charge in [0.05, 0.1) is 19.9 Å². The summed E-state index contributed by atoms with van der Waals surface area (Å²) < 4.78 is 16.4. The molecule has 0 radical (unpaired) electrons. The molecule has 0 saturated carbocycles. The summed E-state index contributed by atoms with van der Waals surface area (Å²) in [6, 6.07) is 6.40. The second-order valence-electron chi connectivity index (χ2n) is 6.26. The summed E-state index contributed by atoms with van der Waals surface area (Å²) in [5.74, 6) is 2.71. The van der Waals surface area contributed by atoms with E-state index >= 15 is 0 Å². The smallest absolute Gasteiger partial charge is 0.141 e. The predicted molar refractivity (Wildman–Crippen MR) is 92.5 cm³/mol. The molecule has 0 N–H and O–H groups in total. The van der Waals surface area contributed by atoms with Gasteiger partial charge in [-0.2, -0.15) is 0 Å². The summed E-state index contributed by atoms with van der Waals surface area (Å²) in [6.45, 7) is 6.09. The highest BCUT2D eigenvalue weighted by atomic mass is 16.5. The Hall–Kier alpha value is -2.01. The molecular formula is C19H26N2O3. The number of methoxy groups -OCH3 is 2. The Labute approximate surface area is 143 Å². The first-order chi connectivity index (χ1) is 11.7. The van der Waals surface area contributed by atoms with E-state index in [0.717, 1.165) is 48.9 Å². The van der Waals surface area contributed by atoms with Crippen molar-refractivity contribution < 1.29 is 14.0 Å². The summed E-state index contributed by atoms with van der Waals surface area (Å²) in [6.07, 6.45) is 3.22. The molecular weight excluding hydrogens is 304 g/mol. The van der Waals surface area contributed by atoms with Crippen molar-refractivity contribution in [3.05, 3.63) is 40.8 Å². The quantitative estimate of drug-likeness (QED) is 0.804. The molecule has 1 aromatic heterocycles. The maximum absolute atomic E-state index is 5.56. The Morgan fingerprint density at radius 2 is 2.12 bits per heavy atom. The molecule has 1 fully saturated rings. The second kappa shape index (κ2) is 7.26. The third-order valence-electron chi connectivity index (χ3n) is 4.87. The molecule has 1 saturated heterocycles. The summed E-state index contributed by atoms with van der Waals surface area (Å²) in [5, 5.41) is 4.19. The Balaban J connectivity index is 1.85. The summed E-state index contributed by atoms with van der Waals surface area (Å²) in [4.78, 5) is 2.50. The molecule has 2 aromatic rings. The monoisotopic (exact) mass is 330 g/mol. The minimum absolute atomic E-state index is 0.373. The van der Waals surface area contributed by atoms with Gasteiger partial charge in [0.2, 0.25) is 0 Å². The molecule has 3 rings (SSSR count). The van der Waals surface area contributed by atoms with Gasteiger partial charge in [-0.3, -0.25) is 4.90 Å². The van der Waals surface area contributed by atoms with E-state index in [-0.39, 0.29) is 0 Å². The van der Waals surface area contributed by atoms with Crippen molar-refractivity contribution in [3.63, 3.8) is 0 Å². The fourth-order valence-electron chi connectivity index (χ4n) is 3.65. The van der Waals surface area contributed by atoms with Gasteiger partial charge in [-0.15, -0.1) is 0 Å². The van der Waals surface area contributed by atoms with Crippen LogP contribution in [0.1, 0.15) is 48.4 Å². The fourth-order valence-corrected chi connectivity index (χ4v) is 3.65. The minimum atomic E-state index is 0.373. The molecule has 0 amide bonds. The second-order valence-corrected chi connectivity index (χ2v) is 6.26. The van der Waals surface area contributed by atoms with Crippen LogP contribution in [0.5, 0.6) is 11.5 Å². The zero-order valence-electron chi connectivity index (χ0n) is 15.0. The fraction of sp³-hybridized carbons (Fsp3) is 0.526. The zero-order chi connectivity index (χ0) is 17.1.